The van der Waals surface area contributed by atoms with Crippen molar-refractivity contribution in [3.8, 4) is 0 Å². The Kier molecular flexibility index (Phi) is 4.04. The molecule has 0 N–H and O–H groups in total. The molecule has 0 radical (unpaired) electrons. The van der Waals surface area contributed by atoms with Crippen LogP contribution in [0.5, 0.6) is 0 Å². The van der Waals surface area contributed by atoms with Gasteiger partial charge in [-0.05, 0) is 48.0 Å². The van der Waals surface area contributed by atoms with Crippen molar-refractivity contribution in [2.24, 2.45) is 0 Å². The van der Waals surface area contributed by atoms with E-state index in [0.717, 1.165) is 11.8 Å². The number of thiocarbonyl (C=S) groups is 1. The number of anilines is 1. The van der Waals surface area contributed by atoms with Gasteiger partial charge in [-0.25, -0.2) is 8.78 Å². The first-order valence-corrected chi connectivity index (χ1v) is 7.56. The Labute approximate surface area is 135 Å². The van der Waals surface area contributed by atoms with Gasteiger partial charge < -0.3 is 0 Å². The summed E-state index contributed by atoms with van der Waals surface area (Å²) in [6.07, 6.45) is 1.59. The van der Waals surface area contributed by atoms with Crippen molar-refractivity contribution in [2.75, 3.05) is 4.90 Å². The molecule has 0 saturated carbocycles. The van der Waals surface area contributed by atoms with Crippen LogP contribution in [-0.2, 0) is 4.79 Å². The van der Waals surface area contributed by atoms with Gasteiger partial charge in [0.2, 0.25) is 0 Å². The number of rotatable bonds is 2. The zero-order chi connectivity index (χ0) is 15.7. The molecule has 0 spiro atoms. The van der Waals surface area contributed by atoms with Crippen molar-refractivity contribution in [3.63, 3.8) is 0 Å². The van der Waals surface area contributed by atoms with Gasteiger partial charge in [-0.3, -0.25) is 9.69 Å². The molecule has 0 aromatic heterocycles. The lowest BCUT2D eigenvalue weighted by molar-refractivity contribution is -0.113. The van der Waals surface area contributed by atoms with E-state index in [2.05, 4.69) is 0 Å². The topological polar surface area (TPSA) is 20.3 Å². The molecule has 3 rings (SSSR count). The third-order valence-electron chi connectivity index (χ3n) is 3.02. The maximum Gasteiger partial charge on any atom is 0.270 e. The first-order valence-electron chi connectivity index (χ1n) is 6.34. The van der Waals surface area contributed by atoms with Crippen LogP contribution in [0.25, 0.3) is 6.08 Å². The summed E-state index contributed by atoms with van der Waals surface area (Å²) in [5, 5.41) is 0. The lowest BCUT2D eigenvalue weighted by atomic mass is 10.2. The Bertz CT molecular complexity index is 787. The van der Waals surface area contributed by atoms with Gasteiger partial charge in [-0.1, -0.05) is 36.1 Å². The molecule has 110 valence electrons. The largest absolute Gasteiger partial charge is 0.270 e. The van der Waals surface area contributed by atoms with Crippen LogP contribution in [0.1, 0.15) is 5.56 Å². The third-order valence-corrected chi connectivity index (χ3v) is 4.33. The Morgan fingerprint density at radius 1 is 1.05 bits per heavy atom. The number of amides is 1. The lowest BCUT2D eigenvalue weighted by Gasteiger charge is -2.14. The van der Waals surface area contributed by atoms with E-state index in [4.69, 9.17) is 12.2 Å². The van der Waals surface area contributed by atoms with Crippen LogP contribution in [0, 0.1) is 11.6 Å². The summed E-state index contributed by atoms with van der Waals surface area (Å²) in [7, 11) is 0. The highest BCUT2D eigenvalue weighted by Crippen LogP contribution is 2.36. The molecule has 0 atom stereocenters. The molecule has 2 aromatic carbocycles. The normalized spacial score (nSPS) is 16.6. The smallest absolute Gasteiger partial charge is 0.268 e. The van der Waals surface area contributed by atoms with Crippen LogP contribution in [-0.4, -0.2) is 10.2 Å². The van der Waals surface area contributed by atoms with E-state index < -0.39 is 0 Å². The quantitative estimate of drug-likeness (QED) is 0.601. The van der Waals surface area contributed by atoms with Crippen molar-refractivity contribution >= 4 is 46.0 Å². The van der Waals surface area contributed by atoms with E-state index >= 15 is 0 Å². The molecule has 0 aliphatic carbocycles. The van der Waals surface area contributed by atoms with E-state index in [1.807, 2.05) is 0 Å². The van der Waals surface area contributed by atoms with Crippen LogP contribution in [0.15, 0.2) is 53.4 Å². The van der Waals surface area contributed by atoms with Crippen LogP contribution in [0.4, 0.5) is 14.5 Å². The van der Waals surface area contributed by atoms with Gasteiger partial charge in [0, 0.05) is 0 Å². The average Bonchev–Trinajstić information content (AvgIpc) is 2.75. The van der Waals surface area contributed by atoms with Crippen molar-refractivity contribution in [3.05, 3.63) is 70.6 Å². The molecule has 2 aromatic rings. The van der Waals surface area contributed by atoms with Crippen LogP contribution >= 0.6 is 24.0 Å². The van der Waals surface area contributed by atoms with Crippen molar-refractivity contribution < 1.29 is 13.6 Å². The molecule has 0 bridgehead atoms. The predicted octanol–water partition coefficient (Wildman–Crippen LogP) is 4.37. The molecule has 1 saturated heterocycles. The van der Waals surface area contributed by atoms with Gasteiger partial charge >= 0.3 is 0 Å². The third kappa shape index (κ3) is 2.93. The second kappa shape index (κ2) is 5.98. The Morgan fingerprint density at radius 3 is 2.45 bits per heavy atom. The minimum absolute atomic E-state index is 0.300. The summed E-state index contributed by atoms with van der Waals surface area (Å²) in [6.45, 7) is 0. The van der Waals surface area contributed by atoms with Crippen LogP contribution < -0.4 is 4.90 Å². The fraction of sp³-hybridized carbons (Fsp3) is 0. The molecular weight excluding hydrogens is 324 g/mol. The number of halogens is 2. The standard InChI is InChI=1S/C16H9F2NOS2/c17-11-4-6-13(7-5-11)19-15(20)14(22-16(19)21)9-10-2-1-3-12(18)8-10/h1-9H. The number of thioether (sulfide) groups is 1. The molecule has 1 amide bonds. The van der Waals surface area contributed by atoms with E-state index in [1.165, 1.54) is 41.3 Å². The minimum atomic E-state index is -0.385. The number of nitrogens with zero attached hydrogens (tertiary/aromatic N) is 1. The Balaban J connectivity index is 1.93. The molecular formula is C16H9F2NOS2. The number of carbonyl (C=O) groups excluding carboxylic acids is 1. The zero-order valence-corrected chi connectivity index (χ0v) is 12.8. The van der Waals surface area contributed by atoms with Gasteiger partial charge in [0.05, 0.1) is 10.6 Å². The molecule has 2 nitrogen and oxygen atoms in total. The van der Waals surface area contributed by atoms with Crippen molar-refractivity contribution in [1.29, 1.82) is 0 Å². The summed E-state index contributed by atoms with van der Waals surface area (Å²) in [5.74, 6) is -1.06. The van der Waals surface area contributed by atoms with Gasteiger partial charge in [0.1, 0.15) is 11.6 Å². The molecule has 6 heteroatoms. The lowest BCUT2D eigenvalue weighted by Crippen LogP contribution is -2.27. The van der Waals surface area contributed by atoms with Crippen molar-refractivity contribution in [1.82, 2.24) is 0 Å². The number of hydrogen-bond acceptors (Lipinski definition) is 3. The van der Waals surface area contributed by atoms with Crippen LogP contribution in [0.2, 0.25) is 0 Å². The molecule has 22 heavy (non-hydrogen) atoms. The van der Waals surface area contributed by atoms with E-state index in [-0.39, 0.29) is 17.5 Å². The Morgan fingerprint density at radius 2 is 1.77 bits per heavy atom. The monoisotopic (exact) mass is 333 g/mol. The number of benzene rings is 2. The van der Waals surface area contributed by atoms with Gasteiger partial charge in [0.15, 0.2) is 4.32 Å². The molecule has 1 aliphatic rings. The minimum Gasteiger partial charge on any atom is -0.268 e. The predicted molar refractivity (Wildman–Crippen MR) is 88.5 cm³/mol. The highest BCUT2D eigenvalue weighted by molar-refractivity contribution is 8.27. The van der Waals surface area contributed by atoms with Gasteiger partial charge in [0.25, 0.3) is 5.91 Å². The second-order valence-corrected chi connectivity index (χ2v) is 6.22. The highest BCUT2D eigenvalue weighted by Gasteiger charge is 2.33. The Hall–Kier alpha value is -2.05. The highest BCUT2D eigenvalue weighted by atomic mass is 32.2. The van der Waals surface area contributed by atoms with Crippen LogP contribution in [0.3, 0.4) is 0 Å². The fourth-order valence-electron chi connectivity index (χ4n) is 2.03. The summed E-state index contributed by atoms with van der Waals surface area (Å²) in [4.78, 5) is 14.2. The molecule has 1 aliphatic heterocycles. The molecule has 1 heterocycles. The van der Waals surface area contributed by atoms with Gasteiger partial charge in [-0.15, -0.1) is 0 Å². The molecule has 0 unspecified atom stereocenters. The SMILES string of the molecule is O=C1C(=Cc2cccc(F)c2)SC(=S)N1c1ccc(F)cc1. The molecule has 1 fully saturated rings. The summed E-state index contributed by atoms with van der Waals surface area (Å²) < 4.78 is 26.5. The fourth-order valence-corrected chi connectivity index (χ4v) is 3.33. The summed E-state index contributed by atoms with van der Waals surface area (Å²) in [5.41, 5.74) is 1.09. The first-order chi connectivity index (χ1) is 10.5. The maximum absolute atomic E-state index is 13.2. The summed E-state index contributed by atoms with van der Waals surface area (Å²) >= 11 is 6.35. The van der Waals surface area contributed by atoms with Gasteiger partial charge in [-0.2, -0.15) is 0 Å². The first kappa shape index (κ1) is 14.9. The number of hydrogen-bond donors (Lipinski definition) is 0. The second-order valence-electron chi connectivity index (χ2n) is 4.55. The average molecular weight is 333 g/mol. The number of carbonyl (C=O) groups is 1. The maximum atomic E-state index is 13.2. The zero-order valence-electron chi connectivity index (χ0n) is 11.1. The van der Waals surface area contributed by atoms with Crippen molar-refractivity contribution in [2.45, 2.75) is 0 Å². The van der Waals surface area contributed by atoms with E-state index in [0.29, 0.717) is 20.5 Å². The van der Waals surface area contributed by atoms with E-state index in [1.54, 1.807) is 18.2 Å². The van der Waals surface area contributed by atoms with E-state index in [9.17, 15) is 13.6 Å². The summed E-state index contributed by atoms with van der Waals surface area (Å²) in [6, 6.07) is 11.5.